The zero-order valence-corrected chi connectivity index (χ0v) is 14.3. The number of para-hydroxylation sites is 1. The van der Waals surface area contributed by atoms with E-state index in [0.29, 0.717) is 18.5 Å². The molecule has 0 aromatic heterocycles. The van der Waals surface area contributed by atoms with Gasteiger partial charge in [0.1, 0.15) is 6.04 Å². The Morgan fingerprint density at radius 1 is 1.12 bits per heavy atom. The Morgan fingerprint density at radius 2 is 1.79 bits per heavy atom. The Balaban J connectivity index is 2.03. The van der Waals surface area contributed by atoms with Gasteiger partial charge < -0.3 is 5.32 Å². The van der Waals surface area contributed by atoms with E-state index in [1.54, 1.807) is 4.90 Å². The Hall–Kier alpha value is -2.62. The number of nitrogens with one attached hydrogen (secondary N) is 1. The molecule has 1 aliphatic rings. The fourth-order valence-corrected chi connectivity index (χ4v) is 3.38. The molecule has 24 heavy (non-hydrogen) atoms. The number of fused-ring (bicyclic) bond motifs is 1. The zero-order valence-electron chi connectivity index (χ0n) is 14.3. The molecule has 0 fully saturated rings. The van der Waals surface area contributed by atoms with Crippen LogP contribution >= 0.6 is 0 Å². The monoisotopic (exact) mass is 322 g/mol. The highest BCUT2D eigenvalue weighted by molar-refractivity contribution is 6.11. The summed E-state index contributed by atoms with van der Waals surface area (Å²) in [5, 5.41) is 2.85. The lowest BCUT2D eigenvalue weighted by Crippen LogP contribution is -2.48. The summed E-state index contributed by atoms with van der Waals surface area (Å²) in [7, 11) is 0. The molecule has 0 spiro atoms. The van der Waals surface area contributed by atoms with Crippen LogP contribution in [0.25, 0.3) is 0 Å². The fourth-order valence-electron chi connectivity index (χ4n) is 3.38. The molecule has 1 heterocycles. The van der Waals surface area contributed by atoms with Gasteiger partial charge in [0.05, 0.1) is 0 Å². The standard InChI is InChI=1S/C20H22N2O2/c1-4-21-19(23)18-12-15-7-5-6-8-17(15)22(18)20(24)16-10-13(2)9-14(3)11-16/h5-11,18H,4,12H2,1-3H3,(H,21,23). The van der Waals surface area contributed by atoms with E-state index in [9.17, 15) is 9.59 Å². The van der Waals surface area contributed by atoms with Crippen molar-refractivity contribution in [3.8, 4) is 0 Å². The summed E-state index contributed by atoms with van der Waals surface area (Å²) in [6, 6.07) is 13.0. The minimum atomic E-state index is -0.490. The molecule has 2 aromatic rings. The maximum absolute atomic E-state index is 13.2. The van der Waals surface area contributed by atoms with Gasteiger partial charge in [-0.3, -0.25) is 14.5 Å². The number of carbonyl (C=O) groups is 2. The summed E-state index contributed by atoms with van der Waals surface area (Å²) in [5.74, 6) is -0.227. The number of likely N-dealkylation sites (N-methyl/N-ethyl adjacent to an activating group) is 1. The number of rotatable bonds is 3. The smallest absolute Gasteiger partial charge is 0.259 e. The molecule has 1 N–H and O–H groups in total. The molecule has 4 heteroatoms. The summed E-state index contributed by atoms with van der Waals surface area (Å²) in [4.78, 5) is 27.3. The number of nitrogens with zero attached hydrogens (tertiary/aromatic N) is 1. The molecule has 2 aromatic carbocycles. The summed E-state index contributed by atoms with van der Waals surface area (Å²) >= 11 is 0. The predicted octanol–water partition coefficient (Wildman–Crippen LogP) is 3.01. The van der Waals surface area contributed by atoms with Gasteiger partial charge in [-0.25, -0.2) is 0 Å². The van der Waals surface area contributed by atoms with Crippen molar-refractivity contribution < 1.29 is 9.59 Å². The first-order valence-electron chi connectivity index (χ1n) is 8.28. The van der Waals surface area contributed by atoms with Crippen LogP contribution in [-0.2, 0) is 11.2 Å². The average molecular weight is 322 g/mol. The Bertz CT molecular complexity index is 778. The zero-order chi connectivity index (χ0) is 17.3. The van der Waals surface area contributed by atoms with Crippen molar-refractivity contribution in [1.82, 2.24) is 5.32 Å². The molecule has 0 bridgehead atoms. The topological polar surface area (TPSA) is 49.4 Å². The molecule has 2 amide bonds. The largest absolute Gasteiger partial charge is 0.355 e. The third-order valence-corrected chi connectivity index (χ3v) is 4.32. The summed E-state index contributed by atoms with van der Waals surface area (Å²) in [5.41, 5.74) is 4.57. The number of hydrogen-bond donors (Lipinski definition) is 1. The fraction of sp³-hybridized carbons (Fsp3) is 0.300. The molecule has 0 aliphatic carbocycles. The molecule has 3 rings (SSSR count). The van der Waals surface area contributed by atoms with Gasteiger partial charge in [-0.05, 0) is 44.5 Å². The highest BCUT2D eigenvalue weighted by atomic mass is 16.2. The number of hydrogen-bond acceptors (Lipinski definition) is 2. The first-order valence-corrected chi connectivity index (χ1v) is 8.28. The van der Waals surface area contributed by atoms with Crippen molar-refractivity contribution in [2.24, 2.45) is 0 Å². The Labute approximate surface area is 142 Å². The van der Waals surface area contributed by atoms with Crippen LogP contribution in [0.15, 0.2) is 42.5 Å². The average Bonchev–Trinajstić information content (AvgIpc) is 2.93. The number of benzene rings is 2. The van der Waals surface area contributed by atoms with Crippen LogP contribution in [0.5, 0.6) is 0 Å². The van der Waals surface area contributed by atoms with Gasteiger partial charge >= 0.3 is 0 Å². The number of carbonyl (C=O) groups excluding carboxylic acids is 2. The number of amides is 2. The minimum Gasteiger partial charge on any atom is -0.355 e. The van der Waals surface area contributed by atoms with E-state index >= 15 is 0 Å². The van der Waals surface area contributed by atoms with Crippen LogP contribution in [0.2, 0.25) is 0 Å². The first kappa shape index (κ1) is 16.2. The molecule has 1 atom stereocenters. The van der Waals surface area contributed by atoms with Crippen LogP contribution in [-0.4, -0.2) is 24.4 Å². The minimum absolute atomic E-state index is 0.105. The number of anilines is 1. The first-order chi connectivity index (χ1) is 11.5. The van der Waals surface area contributed by atoms with Gasteiger partial charge in [0.25, 0.3) is 5.91 Å². The molecule has 0 saturated heterocycles. The van der Waals surface area contributed by atoms with Crippen molar-refractivity contribution in [3.63, 3.8) is 0 Å². The van der Waals surface area contributed by atoms with E-state index < -0.39 is 6.04 Å². The third-order valence-electron chi connectivity index (χ3n) is 4.32. The van der Waals surface area contributed by atoms with Crippen molar-refractivity contribution in [2.45, 2.75) is 33.2 Å². The van der Waals surface area contributed by atoms with E-state index in [2.05, 4.69) is 5.32 Å². The molecule has 0 saturated carbocycles. The molecule has 1 unspecified atom stereocenters. The van der Waals surface area contributed by atoms with Gasteiger partial charge in [0, 0.05) is 24.2 Å². The second-order valence-electron chi connectivity index (χ2n) is 6.29. The molecule has 4 nitrogen and oxygen atoms in total. The summed E-state index contributed by atoms with van der Waals surface area (Å²) in [6.45, 7) is 6.39. The van der Waals surface area contributed by atoms with Crippen LogP contribution in [0.1, 0.15) is 34.0 Å². The summed E-state index contributed by atoms with van der Waals surface area (Å²) < 4.78 is 0. The highest BCUT2D eigenvalue weighted by Crippen LogP contribution is 2.33. The van der Waals surface area contributed by atoms with E-state index in [1.807, 2.05) is 63.2 Å². The van der Waals surface area contributed by atoms with E-state index in [4.69, 9.17) is 0 Å². The summed E-state index contributed by atoms with van der Waals surface area (Å²) in [6.07, 6.45) is 0.554. The van der Waals surface area contributed by atoms with Gasteiger partial charge in [0.15, 0.2) is 0 Å². The highest BCUT2D eigenvalue weighted by Gasteiger charge is 2.38. The molecular formula is C20H22N2O2. The van der Waals surface area contributed by atoms with Gasteiger partial charge in [-0.15, -0.1) is 0 Å². The quantitative estimate of drug-likeness (QED) is 0.944. The maximum Gasteiger partial charge on any atom is 0.259 e. The molecule has 0 radical (unpaired) electrons. The van der Waals surface area contributed by atoms with Crippen LogP contribution in [0, 0.1) is 13.8 Å². The van der Waals surface area contributed by atoms with Crippen molar-refractivity contribution in [2.75, 3.05) is 11.4 Å². The normalized spacial score (nSPS) is 16.0. The van der Waals surface area contributed by atoms with Crippen LogP contribution in [0.3, 0.4) is 0 Å². The number of aryl methyl sites for hydroxylation is 2. The van der Waals surface area contributed by atoms with Gasteiger partial charge in [0.2, 0.25) is 5.91 Å². The van der Waals surface area contributed by atoms with Gasteiger partial charge in [-0.1, -0.05) is 35.4 Å². The van der Waals surface area contributed by atoms with E-state index in [-0.39, 0.29) is 11.8 Å². The van der Waals surface area contributed by atoms with Gasteiger partial charge in [-0.2, -0.15) is 0 Å². The lowest BCUT2D eigenvalue weighted by molar-refractivity contribution is -0.122. The van der Waals surface area contributed by atoms with Crippen LogP contribution in [0.4, 0.5) is 5.69 Å². The predicted molar refractivity (Wildman–Crippen MR) is 95.3 cm³/mol. The Kier molecular flexibility index (Phi) is 4.38. The Morgan fingerprint density at radius 3 is 2.46 bits per heavy atom. The third kappa shape index (κ3) is 2.92. The maximum atomic E-state index is 13.2. The van der Waals surface area contributed by atoms with E-state index in [0.717, 1.165) is 22.4 Å². The lowest BCUT2D eigenvalue weighted by atomic mass is 10.1. The van der Waals surface area contributed by atoms with Crippen LogP contribution < -0.4 is 10.2 Å². The van der Waals surface area contributed by atoms with E-state index in [1.165, 1.54) is 0 Å². The van der Waals surface area contributed by atoms with Crippen molar-refractivity contribution in [1.29, 1.82) is 0 Å². The second kappa shape index (κ2) is 6.48. The lowest BCUT2D eigenvalue weighted by Gasteiger charge is -2.25. The van der Waals surface area contributed by atoms with Crippen molar-refractivity contribution in [3.05, 3.63) is 64.7 Å². The molecular weight excluding hydrogens is 300 g/mol. The van der Waals surface area contributed by atoms with Crippen molar-refractivity contribution >= 4 is 17.5 Å². The SMILES string of the molecule is CCNC(=O)C1Cc2ccccc2N1C(=O)c1cc(C)cc(C)c1. The molecule has 1 aliphatic heterocycles. The molecule has 124 valence electrons. The second-order valence-corrected chi connectivity index (χ2v) is 6.29.